The zero-order valence-electron chi connectivity index (χ0n) is 12.4. The molecule has 0 fully saturated rings. The Bertz CT molecular complexity index is 442. The molecule has 1 aromatic rings. The third kappa shape index (κ3) is 7.56. The summed E-state index contributed by atoms with van der Waals surface area (Å²) in [5, 5.41) is 0.142. The average molecular weight is 295 g/mol. The number of benzene rings is 1. The molecule has 20 heavy (non-hydrogen) atoms. The van der Waals surface area contributed by atoms with Crippen LogP contribution < -0.4 is 0 Å². The van der Waals surface area contributed by atoms with Gasteiger partial charge < -0.3 is 0 Å². The van der Waals surface area contributed by atoms with Crippen LogP contribution in [0.15, 0.2) is 18.2 Å². The third-order valence-corrected chi connectivity index (χ3v) is 3.60. The molecular formula is C18H24ClF. The van der Waals surface area contributed by atoms with Crippen molar-refractivity contribution in [2.24, 2.45) is 0 Å². The van der Waals surface area contributed by atoms with Gasteiger partial charge in [-0.2, -0.15) is 0 Å². The Hall–Kier alpha value is -1.00. The largest absolute Gasteiger partial charge is 0.205 e. The predicted octanol–water partition coefficient (Wildman–Crippen LogP) is 6.36. The van der Waals surface area contributed by atoms with Crippen LogP contribution in [0.4, 0.5) is 4.39 Å². The summed E-state index contributed by atoms with van der Waals surface area (Å²) in [6.07, 6.45) is 11.4. The topological polar surface area (TPSA) is 0 Å². The quantitative estimate of drug-likeness (QED) is 0.386. The van der Waals surface area contributed by atoms with Gasteiger partial charge in [0.2, 0.25) is 0 Å². The number of rotatable bonds is 8. The highest BCUT2D eigenvalue weighted by Crippen LogP contribution is 2.15. The van der Waals surface area contributed by atoms with Gasteiger partial charge in [-0.25, -0.2) is 4.39 Å². The molecule has 0 spiro atoms. The van der Waals surface area contributed by atoms with E-state index in [9.17, 15) is 4.39 Å². The fourth-order valence-corrected chi connectivity index (χ4v) is 2.27. The van der Waals surface area contributed by atoms with Crippen LogP contribution >= 0.6 is 11.6 Å². The number of hydrogen-bond donors (Lipinski definition) is 0. The molecule has 0 nitrogen and oxygen atoms in total. The van der Waals surface area contributed by atoms with Crippen molar-refractivity contribution in [1.29, 1.82) is 0 Å². The van der Waals surface area contributed by atoms with Crippen molar-refractivity contribution in [3.63, 3.8) is 0 Å². The molecule has 0 aliphatic rings. The van der Waals surface area contributed by atoms with E-state index >= 15 is 0 Å². The molecule has 1 rings (SSSR count). The highest BCUT2D eigenvalue weighted by Gasteiger charge is 1.97. The molecule has 0 bridgehead atoms. The summed E-state index contributed by atoms with van der Waals surface area (Å²) in [6.45, 7) is 2.24. The summed E-state index contributed by atoms with van der Waals surface area (Å²) in [7, 11) is 0. The van der Waals surface area contributed by atoms with Gasteiger partial charge in [0.25, 0.3) is 0 Å². The Morgan fingerprint density at radius 3 is 2.30 bits per heavy atom. The van der Waals surface area contributed by atoms with E-state index in [0.29, 0.717) is 0 Å². The van der Waals surface area contributed by atoms with Gasteiger partial charge in [-0.15, -0.1) is 0 Å². The van der Waals surface area contributed by atoms with Crippen molar-refractivity contribution in [1.82, 2.24) is 0 Å². The zero-order valence-corrected chi connectivity index (χ0v) is 13.1. The van der Waals surface area contributed by atoms with Gasteiger partial charge in [-0.1, -0.05) is 75.3 Å². The summed E-state index contributed by atoms with van der Waals surface area (Å²) in [5.41, 5.74) is 0.788. The van der Waals surface area contributed by atoms with E-state index in [-0.39, 0.29) is 10.8 Å². The van der Waals surface area contributed by atoms with E-state index in [1.54, 1.807) is 12.1 Å². The fourth-order valence-electron chi connectivity index (χ4n) is 2.09. The van der Waals surface area contributed by atoms with Crippen LogP contribution in [-0.2, 0) is 0 Å². The van der Waals surface area contributed by atoms with Crippen LogP contribution in [0.3, 0.4) is 0 Å². The first-order valence-corrected chi connectivity index (χ1v) is 8.05. The maximum Gasteiger partial charge on any atom is 0.141 e. The lowest BCUT2D eigenvalue weighted by Gasteiger charge is -1.99. The van der Waals surface area contributed by atoms with Gasteiger partial charge in [0.15, 0.2) is 0 Å². The Morgan fingerprint density at radius 1 is 1.00 bits per heavy atom. The van der Waals surface area contributed by atoms with Crippen molar-refractivity contribution >= 4 is 11.6 Å². The summed E-state index contributed by atoms with van der Waals surface area (Å²) in [4.78, 5) is 0. The molecule has 0 amide bonds. The zero-order chi connectivity index (χ0) is 14.6. The first-order chi connectivity index (χ1) is 9.74. The Morgan fingerprint density at radius 2 is 1.65 bits per heavy atom. The van der Waals surface area contributed by atoms with E-state index in [0.717, 1.165) is 18.4 Å². The molecule has 2 heteroatoms. The second-order valence-electron chi connectivity index (χ2n) is 5.16. The molecule has 0 saturated carbocycles. The van der Waals surface area contributed by atoms with E-state index in [4.69, 9.17) is 11.6 Å². The first-order valence-electron chi connectivity index (χ1n) is 7.68. The second kappa shape index (κ2) is 10.7. The monoisotopic (exact) mass is 294 g/mol. The molecule has 0 unspecified atom stereocenters. The number of hydrogen-bond acceptors (Lipinski definition) is 0. The Kier molecular flexibility index (Phi) is 9.16. The summed E-state index contributed by atoms with van der Waals surface area (Å²) < 4.78 is 13.0. The smallest absolute Gasteiger partial charge is 0.141 e. The van der Waals surface area contributed by atoms with Crippen LogP contribution in [-0.4, -0.2) is 0 Å². The maximum absolute atomic E-state index is 13.0. The lowest BCUT2D eigenvalue weighted by molar-refractivity contribution is 0.579. The van der Waals surface area contributed by atoms with Crippen LogP contribution in [0.5, 0.6) is 0 Å². The highest BCUT2D eigenvalue weighted by atomic mass is 35.5. The standard InChI is InChI=1S/C18H24ClF/c1-2-3-4-5-6-7-8-9-10-11-12-16-13-14-18(20)17(19)15-16/h13-15H,2-10H2,1H3. The number of unbranched alkanes of at least 4 members (excludes halogenated alkanes) is 8. The molecule has 110 valence electrons. The second-order valence-corrected chi connectivity index (χ2v) is 5.56. The minimum atomic E-state index is -0.389. The van der Waals surface area contributed by atoms with Gasteiger partial charge in [0.05, 0.1) is 5.02 Å². The molecule has 0 N–H and O–H groups in total. The SMILES string of the molecule is CCCCCCCCCCC#Cc1ccc(F)c(Cl)c1. The van der Waals surface area contributed by atoms with Crippen molar-refractivity contribution in [2.45, 2.75) is 64.7 Å². The summed E-state index contributed by atoms with van der Waals surface area (Å²) in [6, 6.07) is 4.61. The Labute approximate surface area is 127 Å². The molecule has 0 radical (unpaired) electrons. The fraction of sp³-hybridized carbons (Fsp3) is 0.556. The minimum absolute atomic E-state index is 0.142. The maximum atomic E-state index is 13.0. The van der Waals surface area contributed by atoms with Gasteiger partial charge in [-0.05, 0) is 24.6 Å². The lowest BCUT2D eigenvalue weighted by atomic mass is 10.1. The van der Waals surface area contributed by atoms with E-state index in [1.165, 1.54) is 51.0 Å². The van der Waals surface area contributed by atoms with Crippen LogP contribution in [0, 0.1) is 17.7 Å². The van der Waals surface area contributed by atoms with E-state index in [2.05, 4.69) is 18.8 Å². The van der Waals surface area contributed by atoms with Crippen molar-refractivity contribution in [3.05, 3.63) is 34.6 Å². The predicted molar refractivity (Wildman–Crippen MR) is 85.5 cm³/mol. The molecule has 0 aliphatic heterocycles. The third-order valence-electron chi connectivity index (χ3n) is 3.31. The molecule has 1 aromatic carbocycles. The van der Waals surface area contributed by atoms with Gasteiger partial charge in [-0.3, -0.25) is 0 Å². The van der Waals surface area contributed by atoms with Crippen LogP contribution in [0.1, 0.15) is 70.3 Å². The molecule has 0 heterocycles. The normalized spacial score (nSPS) is 10.2. The number of halogens is 2. The average Bonchev–Trinajstić information content (AvgIpc) is 2.45. The van der Waals surface area contributed by atoms with Gasteiger partial charge in [0, 0.05) is 12.0 Å². The molecule has 0 atom stereocenters. The Balaban J connectivity index is 2.09. The highest BCUT2D eigenvalue weighted by molar-refractivity contribution is 6.30. The van der Waals surface area contributed by atoms with Crippen molar-refractivity contribution in [2.75, 3.05) is 0 Å². The minimum Gasteiger partial charge on any atom is -0.205 e. The summed E-state index contributed by atoms with van der Waals surface area (Å²) in [5.74, 6) is 5.77. The molecule has 0 aromatic heterocycles. The van der Waals surface area contributed by atoms with Gasteiger partial charge in [0.1, 0.15) is 5.82 Å². The van der Waals surface area contributed by atoms with Crippen molar-refractivity contribution in [3.8, 4) is 11.8 Å². The van der Waals surface area contributed by atoms with E-state index in [1.807, 2.05) is 0 Å². The molecular weight excluding hydrogens is 271 g/mol. The molecule has 0 saturated heterocycles. The van der Waals surface area contributed by atoms with Gasteiger partial charge >= 0.3 is 0 Å². The van der Waals surface area contributed by atoms with Crippen LogP contribution in [0.25, 0.3) is 0 Å². The summed E-state index contributed by atoms with van der Waals surface area (Å²) >= 11 is 5.70. The first kappa shape index (κ1) is 17.1. The lowest BCUT2D eigenvalue weighted by Crippen LogP contribution is -1.81. The van der Waals surface area contributed by atoms with Crippen molar-refractivity contribution < 1.29 is 4.39 Å². The van der Waals surface area contributed by atoms with E-state index < -0.39 is 0 Å². The van der Waals surface area contributed by atoms with Crippen LogP contribution in [0.2, 0.25) is 5.02 Å². The molecule has 0 aliphatic carbocycles.